The molecule has 0 aromatic heterocycles. The van der Waals surface area contributed by atoms with Crippen LogP contribution in [0.15, 0.2) is 30.3 Å². The van der Waals surface area contributed by atoms with Gasteiger partial charge in [-0.05, 0) is 37.7 Å². The van der Waals surface area contributed by atoms with Gasteiger partial charge in [-0.1, -0.05) is 30.3 Å². The zero-order chi connectivity index (χ0) is 21.8. The molecule has 3 amide bonds. The highest BCUT2D eigenvalue weighted by Gasteiger charge is 2.58. The van der Waals surface area contributed by atoms with Crippen molar-refractivity contribution in [1.82, 2.24) is 14.7 Å². The number of hydrogen-bond acceptors (Lipinski definition) is 6. The Bertz CT molecular complexity index is 801. The second-order valence-electron chi connectivity index (χ2n) is 8.55. The summed E-state index contributed by atoms with van der Waals surface area (Å²) in [5.74, 6) is -0.844. The number of imide groups is 1. The Morgan fingerprint density at radius 2 is 1.81 bits per heavy atom. The van der Waals surface area contributed by atoms with E-state index in [1.54, 1.807) is 4.90 Å². The van der Waals surface area contributed by atoms with Crippen LogP contribution in [0.1, 0.15) is 31.2 Å². The summed E-state index contributed by atoms with van der Waals surface area (Å²) in [4.78, 5) is 43.8. The molecule has 0 unspecified atom stereocenters. The van der Waals surface area contributed by atoms with E-state index in [-0.39, 0.29) is 18.5 Å². The van der Waals surface area contributed by atoms with E-state index < -0.39 is 11.5 Å². The van der Waals surface area contributed by atoms with Crippen LogP contribution in [0.3, 0.4) is 0 Å². The third kappa shape index (κ3) is 4.32. The van der Waals surface area contributed by atoms with Crippen molar-refractivity contribution in [2.45, 2.75) is 43.7 Å². The number of carbonyl (C=O) groups is 3. The SMILES string of the molecule is COC(=O)CN1C(=O)N(CCc2ccccc2)C2(CCN(C3CCOCC3)CC2)C1=O. The average Bonchev–Trinajstić information content (AvgIpc) is 3.00. The van der Waals surface area contributed by atoms with Crippen LogP contribution in [0.2, 0.25) is 0 Å². The lowest BCUT2D eigenvalue weighted by Crippen LogP contribution is -2.58. The highest BCUT2D eigenvalue weighted by Crippen LogP contribution is 2.38. The van der Waals surface area contributed by atoms with Crippen LogP contribution in [0.4, 0.5) is 4.79 Å². The number of benzene rings is 1. The number of nitrogens with zero attached hydrogens (tertiary/aromatic N) is 3. The summed E-state index contributed by atoms with van der Waals surface area (Å²) >= 11 is 0. The van der Waals surface area contributed by atoms with E-state index >= 15 is 0 Å². The molecular formula is C23H31N3O5. The first-order chi connectivity index (χ1) is 15.0. The highest BCUT2D eigenvalue weighted by atomic mass is 16.5. The van der Waals surface area contributed by atoms with Gasteiger partial charge < -0.3 is 19.3 Å². The van der Waals surface area contributed by atoms with Gasteiger partial charge in [-0.15, -0.1) is 0 Å². The normalized spacial score (nSPS) is 22.4. The van der Waals surface area contributed by atoms with Crippen molar-refractivity contribution in [3.63, 3.8) is 0 Å². The number of carbonyl (C=O) groups excluding carboxylic acids is 3. The average molecular weight is 430 g/mol. The predicted molar refractivity (Wildman–Crippen MR) is 113 cm³/mol. The summed E-state index contributed by atoms with van der Waals surface area (Å²) < 4.78 is 10.2. The molecule has 1 aromatic rings. The number of ether oxygens (including phenoxy) is 2. The van der Waals surface area contributed by atoms with Crippen LogP contribution in [0.25, 0.3) is 0 Å². The summed E-state index contributed by atoms with van der Waals surface area (Å²) in [7, 11) is 1.27. The van der Waals surface area contributed by atoms with Crippen molar-refractivity contribution in [2.75, 3.05) is 46.5 Å². The maximum atomic E-state index is 13.5. The molecule has 8 nitrogen and oxygen atoms in total. The minimum absolute atomic E-state index is 0.261. The number of esters is 1. The molecule has 31 heavy (non-hydrogen) atoms. The molecule has 4 rings (SSSR count). The summed E-state index contributed by atoms with van der Waals surface area (Å²) in [6, 6.07) is 10.0. The van der Waals surface area contributed by atoms with Crippen LogP contribution in [-0.4, -0.2) is 90.7 Å². The fraction of sp³-hybridized carbons (Fsp3) is 0.609. The van der Waals surface area contributed by atoms with E-state index in [1.165, 1.54) is 7.11 Å². The van der Waals surface area contributed by atoms with Gasteiger partial charge in [0.1, 0.15) is 12.1 Å². The van der Waals surface area contributed by atoms with Gasteiger partial charge in [0.05, 0.1) is 7.11 Å². The van der Waals surface area contributed by atoms with E-state index in [1.807, 2.05) is 30.3 Å². The molecule has 3 aliphatic heterocycles. The lowest BCUT2D eigenvalue weighted by atomic mass is 9.84. The minimum Gasteiger partial charge on any atom is -0.468 e. The van der Waals surface area contributed by atoms with Crippen molar-refractivity contribution in [3.8, 4) is 0 Å². The number of piperidine rings is 1. The van der Waals surface area contributed by atoms with Crippen LogP contribution < -0.4 is 0 Å². The monoisotopic (exact) mass is 429 g/mol. The Morgan fingerprint density at radius 3 is 2.45 bits per heavy atom. The topological polar surface area (TPSA) is 79.4 Å². The second kappa shape index (κ2) is 9.36. The molecule has 1 spiro atoms. The molecule has 0 atom stereocenters. The molecule has 0 saturated carbocycles. The summed E-state index contributed by atoms with van der Waals surface area (Å²) in [5, 5.41) is 0. The predicted octanol–water partition coefficient (Wildman–Crippen LogP) is 1.68. The Labute approximate surface area is 183 Å². The van der Waals surface area contributed by atoms with Crippen molar-refractivity contribution in [3.05, 3.63) is 35.9 Å². The third-order valence-electron chi connectivity index (χ3n) is 6.94. The van der Waals surface area contributed by atoms with Crippen LogP contribution in [0.5, 0.6) is 0 Å². The smallest absolute Gasteiger partial charge is 0.328 e. The second-order valence-corrected chi connectivity index (χ2v) is 8.55. The fourth-order valence-electron chi connectivity index (χ4n) is 5.10. The van der Waals surface area contributed by atoms with Crippen LogP contribution >= 0.6 is 0 Å². The van der Waals surface area contributed by atoms with E-state index in [2.05, 4.69) is 4.90 Å². The maximum Gasteiger partial charge on any atom is 0.328 e. The zero-order valence-corrected chi connectivity index (χ0v) is 18.1. The molecular weight excluding hydrogens is 398 g/mol. The molecule has 3 saturated heterocycles. The number of methoxy groups -OCH3 is 1. The third-order valence-corrected chi connectivity index (χ3v) is 6.94. The largest absolute Gasteiger partial charge is 0.468 e. The van der Waals surface area contributed by atoms with E-state index in [4.69, 9.17) is 9.47 Å². The number of urea groups is 1. The van der Waals surface area contributed by atoms with Crippen LogP contribution in [0, 0.1) is 0 Å². The Hall–Kier alpha value is -2.45. The van der Waals surface area contributed by atoms with E-state index in [9.17, 15) is 14.4 Å². The number of hydrogen-bond donors (Lipinski definition) is 0. The van der Waals surface area contributed by atoms with E-state index in [0.717, 1.165) is 49.6 Å². The van der Waals surface area contributed by atoms with Gasteiger partial charge in [-0.25, -0.2) is 4.79 Å². The van der Waals surface area contributed by atoms with Gasteiger partial charge in [-0.2, -0.15) is 0 Å². The first-order valence-corrected chi connectivity index (χ1v) is 11.1. The van der Waals surface area contributed by atoms with Crippen molar-refractivity contribution < 1.29 is 23.9 Å². The van der Waals surface area contributed by atoms with Gasteiger partial charge in [0, 0.05) is 38.9 Å². The summed E-state index contributed by atoms with van der Waals surface area (Å²) in [6.07, 6.45) is 3.85. The molecule has 3 aliphatic rings. The number of rotatable bonds is 6. The van der Waals surface area contributed by atoms with Gasteiger partial charge in [0.15, 0.2) is 0 Å². The molecule has 168 valence electrons. The minimum atomic E-state index is -0.873. The zero-order valence-electron chi connectivity index (χ0n) is 18.1. The highest BCUT2D eigenvalue weighted by molar-refractivity contribution is 6.08. The van der Waals surface area contributed by atoms with E-state index in [0.29, 0.717) is 31.8 Å². The Kier molecular flexibility index (Phi) is 6.57. The first-order valence-electron chi connectivity index (χ1n) is 11.1. The number of amides is 3. The lowest BCUT2D eigenvalue weighted by molar-refractivity contribution is -0.146. The molecule has 0 aliphatic carbocycles. The Balaban J connectivity index is 1.52. The van der Waals surface area contributed by atoms with Crippen molar-refractivity contribution >= 4 is 17.9 Å². The first kappa shape index (κ1) is 21.8. The maximum absolute atomic E-state index is 13.5. The summed E-state index contributed by atoms with van der Waals surface area (Å²) in [5.41, 5.74) is 0.241. The van der Waals surface area contributed by atoms with Gasteiger partial charge in [-0.3, -0.25) is 14.5 Å². The number of likely N-dealkylation sites (tertiary alicyclic amines) is 1. The molecule has 0 bridgehead atoms. The molecule has 8 heteroatoms. The molecule has 0 radical (unpaired) electrons. The fourth-order valence-corrected chi connectivity index (χ4v) is 5.10. The lowest BCUT2D eigenvalue weighted by Gasteiger charge is -2.45. The summed E-state index contributed by atoms with van der Waals surface area (Å²) in [6.45, 7) is 3.19. The van der Waals surface area contributed by atoms with Crippen LogP contribution in [-0.2, 0) is 25.5 Å². The van der Waals surface area contributed by atoms with Gasteiger partial charge in [0.25, 0.3) is 5.91 Å². The van der Waals surface area contributed by atoms with Gasteiger partial charge >= 0.3 is 12.0 Å². The Morgan fingerprint density at radius 1 is 1.13 bits per heavy atom. The van der Waals surface area contributed by atoms with Crippen molar-refractivity contribution in [1.29, 1.82) is 0 Å². The molecule has 3 heterocycles. The molecule has 0 N–H and O–H groups in total. The molecule has 1 aromatic carbocycles. The van der Waals surface area contributed by atoms with Gasteiger partial charge in [0.2, 0.25) is 0 Å². The van der Waals surface area contributed by atoms with Crippen molar-refractivity contribution in [2.24, 2.45) is 0 Å². The standard InChI is InChI=1S/C23H31N3O5/c1-30-20(27)17-25-21(28)23(10-13-24(14-11-23)19-8-15-31-16-9-19)26(22(25)29)12-7-18-5-3-2-4-6-18/h2-6,19H,7-17H2,1H3. The quantitative estimate of drug-likeness (QED) is 0.506. The molecule has 3 fully saturated rings.